The molecule has 0 saturated heterocycles. The number of carboxylic acids is 1. The third-order valence-electron chi connectivity index (χ3n) is 2.61. The second-order valence-corrected chi connectivity index (χ2v) is 4.12. The summed E-state index contributed by atoms with van der Waals surface area (Å²) in [7, 11) is 0. The van der Waals surface area contributed by atoms with Gasteiger partial charge in [-0.25, -0.2) is 9.18 Å². The molecule has 0 spiro atoms. The highest BCUT2D eigenvalue weighted by Gasteiger charge is 2.19. The molecule has 5 heteroatoms. The van der Waals surface area contributed by atoms with Gasteiger partial charge in [0.2, 0.25) is 0 Å². The Bertz CT molecular complexity index is 460. The molecule has 0 radical (unpaired) electrons. The summed E-state index contributed by atoms with van der Waals surface area (Å²) in [5.41, 5.74) is 0.565. The summed E-state index contributed by atoms with van der Waals surface area (Å²) in [5.74, 6) is -2.14. The number of hydrogen-bond donors (Lipinski definition) is 2. The Morgan fingerprint density at radius 1 is 1.44 bits per heavy atom. The van der Waals surface area contributed by atoms with Crippen LogP contribution in [0, 0.1) is 12.7 Å². The van der Waals surface area contributed by atoms with Crippen molar-refractivity contribution in [3.8, 4) is 0 Å². The van der Waals surface area contributed by atoms with Gasteiger partial charge < -0.3 is 10.4 Å². The Balaban J connectivity index is 2.80. The van der Waals surface area contributed by atoms with Crippen molar-refractivity contribution in [3.63, 3.8) is 0 Å². The number of halogens is 1. The van der Waals surface area contributed by atoms with Gasteiger partial charge in [0.15, 0.2) is 0 Å². The van der Waals surface area contributed by atoms with Crippen LogP contribution in [0.2, 0.25) is 0 Å². The van der Waals surface area contributed by atoms with Crippen LogP contribution in [0.3, 0.4) is 0 Å². The molecule has 1 aromatic carbocycles. The van der Waals surface area contributed by atoms with Crippen molar-refractivity contribution in [1.29, 1.82) is 0 Å². The average molecular weight is 253 g/mol. The van der Waals surface area contributed by atoms with E-state index in [1.807, 2.05) is 6.92 Å². The summed E-state index contributed by atoms with van der Waals surface area (Å²) in [4.78, 5) is 22.6. The number of hydrogen-bond acceptors (Lipinski definition) is 2. The molecule has 1 aromatic rings. The quantitative estimate of drug-likeness (QED) is 0.844. The lowest BCUT2D eigenvalue weighted by atomic mass is 10.1. The van der Waals surface area contributed by atoms with E-state index in [9.17, 15) is 14.0 Å². The Morgan fingerprint density at radius 2 is 2.11 bits per heavy atom. The van der Waals surface area contributed by atoms with Crippen LogP contribution >= 0.6 is 0 Å². The van der Waals surface area contributed by atoms with Crippen LogP contribution in [-0.2, 0) is 4.79 Å². The first-order valence-corrected chi connectivity index (χ1v) is 5.75. The maximum atomic E-state index is 13.3. The van der Waals surface area contributed by atoms with Gasteiger partial charge in [-0.05, 0) is 31.0 Å². The van der Waals surface area contributed by atoms with Gasteiger partial charge in [-0.3, -0.25) is 4.79 Å². The van der Waals surface area contributed by atoms with Gasteiger partial charge >= 0.3 is 5.97 Å². The summed E-state index contributed by atoms with van der Waals surface area (Å²) in [6.45, 7) is 3.42. The van der Waals surface area contributed by atoms with Crippen LogP contribution < -0.4 is 5.32 Å². The Labute approximate surface area is 105 Å². The van der Waals surface area contributed by atoms with Gasteiger partial charge in [-0.1, -0.05) is 19.4 Å². The summed E-state index contributed by atoms with van der Waals surface area (Å²) in [6, 6.07) is 3.13. The molecule has 1 atom stereocenters. The fourth-order valence-electron chi connectivity index (χ4n) is 1.52. The van der Waals surface area contributed by atoms with E-state index >= 15 is 0 Å². The van der Waals surface area contributed by atoms with E-state index in [-0.39, 0.29) is 5.56 Å². The van der Waals surface area contributed by atoms with Crippen molar-refractivity contribution < 1.29 is 19.1 Å². The number of amides is 1. The average Bonchev–Trinajstić information content (AvgIpc) is 2.31. The van der Waals surface area contributed by atoms with E-state index in [1.165, 1.54) is 12.1 Å². The topological polar surface area (TPSA) is 66.4 Å². The summed E-state index contributed by atoms with van der Waals surface area (Å²) in [5, 5.41) is 11.3. The number of carbonyl (C=O) groups excluding carboxylic acids is 1. The van der Waals surface area contributed by atoms with Crippen molar-refractivity contribution in [2.45, 2.75) is 32.7 Å². The van der Waals surface area contributed by atoms with Gasteiger partial charge in [-0.2, -0.15) is 0 Å². The van der Waals surface area contributed by atoms with Crippen LogP contribution in [0.4, 0.5) is 4.39 Å². The van der Waals surface area contributed by atoms with E-state index in [0.29, 0.717) is 18.4 Å². The fraction of sp³-hybridized carbons (Fsp3) is 0.385. The zero-order valence-corrected chi connectivity index (χ0v) is 10.4. The third kappa shape index (κ3) is 3.55. The van der Waals surface area contributed by atoms with Crippen LogP contribution in [0.15, 0.2) is 18.2 Å². The van der Waals surface area contributed by atoms with Crippen molar-refractivity contribution in [2.75, 3.05) is 0 Å². The highest BCUT2D eigenvalue weighted by atomic mass is 19.1. The molecule has 0 bridgehead atoms. The molecule has 2 N–H and O–H groups in total. The van der Waals surface area contributed by atoms with Crippen molar-refractivity contribution in [2.24, 2.45) is 0 Å². The normalized spacial score (nSPS) is 11.9. The standard InChI is InChI=1S/C13H16FNO3/c1-3-4-11(13(17)18)15-12(16)9-6-5-8(2)10(14)7-9/h5-7,11H,3-4H2,1-2H3,(H,15,16)(H,17,18). The second kappa shape index (κ2) is 6.14. The molecule has 1 rings (SSSR count). The Morgan fingerprint density at radius 3 is 2.61 bits per heavy atom. The molecule has 0 heterocycles. The lowest BCUT2D eigenvalue weighted by Crippen LogP contribution is -2.40. The minimum atomic E-state index is -1.09. The van der Waals surface area contributed by atoms with E-state index in [4.69, 9.17) is 5.11 Å². The highest BCUT2D eigenvalue weighted by molar-refractivity contribution is 5.96. The third-order valence-corrected chi connectivity index (χ3v) is 2.61. The first-order chi connectivity index (χ1) is 8.45. The molecule has 0 aliphatic carbocycles. The summed E-state index contributed by atoms with van der Waals surface area (Å²) >= 11 is 0. The van der Waals surface area contributed by atoms with Gasteiger partial charge in [0.1, 0.15) is 11.9 Å². The number of carboxylic acid groups (broad SMARTS) is 1. The lowest BCUT2D eigenvalue weighted by molar-refractivity contribution is -0.139. The van der Waals surface area contributed by atoms with Gasteiger partial charge in [0.25, 0.3) is 5.91 Å². The van der Waals surface area contributed by atoms with Crippen molar-refractivity contribution in [3.05, 3.63) is 35.1 Å². The van der Waals surface area contributed by atoms with Crippen molar-refractivity contribution >= 4 is 11.9 Å². The highest BCUT2D eigenvalue weighted by Crippen LogP contribution is 2.09. The van der Waals surface area contributed by atoms with E-state index < -0.39 is 23.7 Å². The van der Waals surface area contributed by atoms with Gasteiger partial charge in [0, 0.05) is 5.56 Å². The van der Waals surface area contributed by atoms with E-state index in [1.54, 1.807) is 6.92 Å². The lowest BCUT2D eigenvalue weighted by Gasteiger charge is -2.13. The molecule has 98 valence electrons. The summed E-state index contributed by atoms with van der Waals surface area (Å²) < 4.78 is 13.3. The minimum Gasteiger partial charge on any atom is -0.480 e. The number of rotatable bonds is 5. The molecule has 18 heavy (non-hydrogen) atoms. The fourth-order valence-corrected chi connectivity index (χ4v) is 1.52. The van der Waals surface area contributed by atoms with Crippen LogP contribution in [0.25, 0.3) is 0 Å². The first-order valence-electron chi connectivity index (χ1n) is 5.75. The second-order valence-electron chi connectivity index (χ2n) is 4.12. The first kappa shape index (κ1) is 14.2. The van der Waals surface area contributed by atoms with E-state index in [2.05, 4.69) is 5.32 Å². The minimum absolute atomic E-state index is 0.125. The van der Waals surface area contributed by atoms with Crippen LogP contribution in [0.5, 0.6) is 0 Å². The largest absolute Gasteiger partial charge is 0.480 e. The monoisotopic (exact) mass is 253 g/mol. The molecular formula is C13H16FNO3. The maximum Gasteiger partial charge on any atom is 0.326 e. The molecular weight excluding hydrogens is 237 g/mol. The molecule has 0 saturated carbocycles. The molecule has 0 aromatic heterocycles. The maximum absolute atomic E-state index is 13.3. The molecule has 1 unspecified atom stereocenters. The van der Waals surface area contributed by atoms with Crippen LogP contribution in [-0.4, -0.2) is 23.0 Å². The zero-order valence-electron chi connectivity index (χ0n) is 10.4. The smallest absolute Gasteiger partial charge is 0.326 e. The van der Waals surface area contributed by atoms with Gasteiger partial charge in [-0.15, -0.1) is 0 Å². The number of benzene rings is 1. The molecule has 0 aliphatic rings. The predicted molar refractivity (Wildman–Crippen MR) is 64.9 cm³/mol. The zero-order chi connectivity index (χ0) is 13.7. The Hall–Kier alpha value is -1.91. The number of aryl methyl sites for hydroxylation is 1. The van der Waals surface area contributed by atoms with E-state index in [0.717, 1.165) is 6.07 Å². The number of aliphatic carboxylic acids is 1. The number of nitrogens with one attached hydrogen (secondary N) is 1. The molecule has 1 amide bonds. The Kier molecular flexibility index (Phi) is 4.83. The SMILES string of the molecule is CCCC(NC(=O)c1ccc(C)c(F)c1)C(=O)O. The molecule has 4 nitrogen and oxygen atoms in total. The predicted octanol–water partition coefficient (Wildman–Crippen LogP) is 2.12. The molecule has 0 fully saturated rings. The van der Waals surface area contributed by atoms with Gasteiger partial charge in [0.05, 0.1) is 0 Å². The number of carbonyl (C=O) groups is 2. The van der Waals surface area contributed by atoms with Crippen molar-refractivity contribution in [1.82, 2.24) is 5.32 Å². The summed E-state index contributed by atoms with van der Waals surface area (Å²) in [6.07, 6.45) is 0.981. The van der Waals surface area contributed by atoms with Crippen LogP contribution in [0.1, 0.15) is 35.7 Å². The molecule has 0 aliphatic heterocycles.